The van der Waals surface area contributed by atoms with E-state index in [9.17, 15) is 23.1 Å². The Hall–Kier alpha value is -2.54. The van der Waals surface area contributed by atoms with Gasteiger partial charge in [-0.2, -0.15) is 18.3 Å². The largest absolute Gasteiger partial charge is 0.507 e. The lowest BCUT2D eigenvalue weighted by Crippen LogP contribution is -2.22. The van der Waals surface area contributed by atoms with Gasteiger partial charge in [0.2, 0.25) is 0 Å². The van der Waals surface area contributed by atoms with Crippen LogP contribution in [0.15, 0.2) is 47.6 Å². The van der Waals surface area contributed by atoms with E-state index in [4.69, 9.17) is 11.6 Å². The molecule has 8 heteroatoms. The summed E-state index contributed by atoms with van der Waals surface area (Å²) in [4.78, 5) is 11.8. The maximum absolute atomic E-state index is 12.8. The molecule has 0 fully saturated rings. The van der Waals surface area contributed by atoms with Gasteiger partial charge in [0.15, 0.2) is 0 Å². The molecule has 120 valence electrons. The summed E-state index contributed by atoms with van der Waals surface area (Å²) in [5, 5.41) is 13.4. The second-order valence-corrected chi connectivity index (χ2v) is 4.88. The molecule has 0 aromatic heterocycles. The molecule has 2 N–H and O–H groups in total. The summed E-state index contributed by atoms with van der Waals surface area (Å²) in [7, 11) is 0. The van der Waals surface area contributed by atoms with Crippen molar-refractivity contribution in [2.75, 3.05) is 0 Å². The van der Waals surface area contributed by atoms with Crippen LogP contribution in [0.3, 0.4) is 0 Å². The molecule has 0 aliphatic rings. The monoisotopic (exact) mass is 342 g/mol. The average Bonchev–Trinajstić information content (AvgIpc) is 2.48. The van der Waals surface area contributed by atoms with Gasteiger partial charge in [-0.15, -0.1) is 0 Å². The molecule has 23 heavy (non-hydrogen) atoms. The SMILES string of the molecule is O=C(N/N=C/c1ccc(Cl)cc1O)c1ccccc1C(F)(F)F. The van der Waals surface area contributed by atoms with E-state index in [1.807, 2.05) is 5.43 Å². The molecule has 0 aliphatic heterocycles. The highest BCUT2D eigenvalue weighted by Crippen LogP contribution is 2.31. The van der Waals surface area contributed by atoms with Crippen LogP contribution in [0.4, 0.5) is 13.2 Å². The lowest BCUT2D eigenvalue weighted by atomic mass is 10.1. The highest BCUT2D eigenvalue weighted by molar-refractivity contribution is 6.30. The van der Waals surface area contributed by atoms with Crippen LogP contribution < -0.4 is 5.43 Å². The zero-order chi connectivity index (χ0) is 17.0. The highest BCUT2D eigenvalue weighted by Gasteiger charge is 2.34. The first kappa shape index (κ1) is 16.8. The van der Waals surface area contributed by atoms with E-state index in [-0.39, 0.29) is 11.3 Å². The Bertz CT molecular complexity index is 761. The Morgan fingerprint density at radius 2 is 1.91 bits per heavy atom. The van der Waals surface area contributed by atoms with Crippen molar-refractivity contribution in [3.05, 3.63) is 64.2 Å². The van der Waals surface area contributed by atoms with Crippen molar-refractivity contribution in [3.63, 3.8) is 0 Å². The summed E-state index contributed by atoms with van der Waals surface area (Å²) in [5.74, 6) is -1.19. The number of amides is 1. The number of benzene rings is 2. The van der Waals surface area contributed by atoms with Crippen molar-refractivity contribution < 1.29 is 23.1 Å². The van der Waals surface area contributed by atoms with Crippen LogP contribution in [-0.2, 0) is 6.18 Å². The smallest absolute Gasteiger partial charge is 0.417 e. The fourth-order valence-electron chi connectivity index (χ4n) is 1.77. The first-order valence-electron chi connectivity index (χ1n) is 6.27. The molecule has 0 spiro atoms. The summed E-state index contributed by atoms with van der Waals surface area (Å²) in [6.45, 7) is 0. The quantitative estimate of drug-likeness (QED) is 0.658. The number of phenolic OH excluding ortho intramolecular Hbond substituents is 1. The van der Waals surface area contributed by atoms with Crippen LogP contribution in [-0.4, -0.2) is 17.2 Å². The van der Waals surface area contributed by atoms with Gasteiger partial charge in [0.25, 0.3) is 5.91 Å². The van der Waals surface area contributed by atoms with E-state index in [0.29, 0.717) is 5.02 Å². The number of halogens is 4. The van der Waals surface area contributed by atoms with E-state index < -0.39 is 23.2 Å². The highest BCUT2D eigenvalue weighted by atomic mass is 35.5. The van der Waals surface area contributed by atoms with E-state index in [1.54, 1.807) is 0 Å². The minimum Gasteiger partial charge on any atom is -0.507 e. The maximum atomic E-state index is 12.8. The van der Waals surface area contributed by atoms with Crippen LogP contribution in [0.25, 0.3) is 0 Å². The van der Waals surface area contributed by atoms with Gasteiger partial charge in [-0.3, -0.25) is 4.79 Å². The van der Waals surface area contributed by atoms with Crippen molar-refractivity contribution in [2.45, 2.75) is 6.18 Å². The third kappa shape index (κ3) is 4.23. The fourth-order valence-corrected chi connectivity index (χ4v) is 1.94. The van der Waals surface area contributed by atoms with E-state index in [1.165, 1.54) is 30.3 Å². The van der Waals surface area contributed by atoms with Gasteiger partial charge in [-0.25, -0.2) is 5.43 Å². The summed E-state index contributed by atoms with van der Waals surface area (Å²) in [6.07, 6.45) is -3.55. The molecule has 2 rings (SSSR count). The van der Waals surface area contributed by atoms with Crippen molar-refractivity contribution in [1.29, 1.82) is 0 Å². The number of alkyl halides is 3. The van der Waals surface area contributed by atoms with Crippen LogP contribution in [0, 0.1) is 0 Å². The number of aromatic hydroxyl groups is 1. The maximum Gasteiger partial charge on any atom is 0.417 e. The Kier molecular flexibility index (Phi) is 4.90. The molecule has 0 unspecified atom stereocenters. The number of carbonyl (C=O) groups is 1. The van der Waals surface area contributed by atoms with E-state index >= 15 is 0 Å². The molecule has 0 atom stereocenters. The number of nitrogens with one attached hydrogen (secondary N) is 1. The first-order chi connectivity index (χ1) is 10.8. The zero-order valence-electron chi connectivity index (χ0n) is 11.4. The van der Waals surface area contributed by atoms with Crippen LogP contribution in [0.5, 0.6) is 5.75 Å². The predicted octanol–water partition coefficient (Wildman–Crippen LogP) is 3.83. The molecule has 0 saturated heterocycles. The molecular weight excluding hydrogens is 333 g/mol. The number of nitrogens with zero attached hydrogens (tertiary/aromatic N) is 1. The fraction of sp³-hybridized carbons (Fsp3) is 0.0667. The lowest BCUT2D eigenvalue weighted by molar-refractivity contribution is -0.137. The lowest BCUT2D eigenvalue weighted by Gasteiger charge is -2.10. The number of hydrogen-bond acceptors (Lipinski definition) is 3. The van der Waals surface area contributed by atoms with Crippen molar-refractivity contribution >= 4 is 23.7 Å². The first-order valence-corrected chi connectivity index (χ1v) is 6.65. The van der Waals surface area contributed by atoms with Gasteiger partial charge in [0, 0.05) is 10.6 Å². The summed E-state index contributed by atoms with van der Waals surface area (Å²) < 4.78 is 38.5. The molecule has 0 aliphatic carbocycles. The normalized spacial score (nSPS) is 11.7. The molecule has 0 bridgehead atoms. The Morgan fingerprint density at radius 3 is 2.57 bits per heavy atom. The number of hydrogen-bond donors (Lipinski definition) is 2. The number of phenols is 1. The third-order valence-electron chi connectivity index (χ3n) is 2.84. The van der Waals surface area contributed by atoms with Crippen LogP contribution >= 0.6 is 11.6 Å². The molecule has 0 radical (unpaired) electrons. The van der Waals surface area contributed by atoms with Gasteiger partial charge in [-0.1, -0.05) is 23.7 Å². The molecule has 1 amide bonds. The van der Waals surface area contributed by atoms with Crippen molar-refractivity contribution in [2.24, 2.45) is 5.10 Å². The zero-order valence-corrected chi connectivity index (χ0v) is 12.2. The Labute approximate surface area is 134 Å². The van der Waals surface area contributed by atoms with Crippen LogP contribution in [0.2, 0.25) is 5.02 Å². The summed E-state index contributed by atoms with van der Waals surface area (Å²) >= 11 is 5.66. The van der Waals surface area contributed by atoms with Gasteiger partial charge < -0.3 is 5.11 Å². The molecule has 4 nitrogen and oxygen atoms in total. The summed E-state index contributed by atoms with van der Waals surface area (Å²) in [6, 6.07) is 8.56. The summed E-state index contributed by atoms with van der Waals surface area (Å²) in [5.41, 5.74) is 0.639. The number of hydrazone groups is 1. The predicted molar refractivity (Wildman–Crippen MR) is 79.6 cm³/mol. The molecule has 0 saturated carbocycles. The second kappa shape index (κ2) is 6.70. The topological polar surface area (TPSA) is 61.7 Å². The average molecular weight is 343 g/mol. The van der Waals surface area contributed by atoms with Crippen molar-refractivity contribution in [3.8, 4) is 5.75 Å². The van der Waals surface area contributed by atoms with E-state index in [2.05, 4.69) is 5.10 Å². The number of carbonyl (C=O) groups excluding carboxylic acids is 1. The standard InChI is InChI=1S/C15H10ClF3N2O2/c16-10-6-5-9(13(22)7-10)8-20-21-14(23)11-3-1-2-4-12(11)15(17,18)19/h1-8,22H,(H,21,23)/b20-8+. The molecule has 0 heterocycles. The Morgan fingerprint density at radius 1 is 1.22 bits per heavy atom. The van der Waals surface area contributed by atoms with Crippen molar-refractivity contribution in [1.82, 2.24) is 5.43 Å². The minimum atomic E-state index is -4.65. The van der Waals surface area contributed by atoms with Crippen LogP contribution in [0.1, 0.15) is 21.5 Å². The van der Waals surface area contributed by atoms with E-state index in [0.717, 1.165) is 18.3 Å². The molecular formula is C15H10ClF3N2O2. The minimum absolute atomic E-state index is 0.175. The van der Waals surface area contributed by atoms with Gasteiger partial charge in [-0.05, 0) is 30.3 Å². The van der Waals surface area contributed by atoms with Gasteiger partial charge in [0.05, 0.1) is 17.3 Å². The van der Waals surface area contributed by atoms with Gasteiger partial charge in [0.1, 0.15) is 5.75 Å². The second-order valence-electron chi connectivity index (χ2n) is 4.45. The number of rotatable bonds is 3. The molecule has 2 aromatic rings. The third-order valence-corrected chi connectivity index (χ3v) is 3.07. The molecule has 2 aromatic carbocycles. The Balaban J connectivity index is 2.16. The van der Waals surface area contributed by atoms with Gasteiger partial charge >= 0.3 is 6.18 Å².